The van der Waals surface area contributed by atoms with Gasteiger partial charge in [-0.05, 0) is 25.1 Å². The maximum atomic E-state index is 11.4. The number of thioether (sulfide) groups is 1. The van der Waals surface area contributed by atoms with Gasteiger partial charge < -0.3 is 0 Å². The first-order valence-corrected chi connectivity index (χ1v) is 5.64. The zero-order chi connectivity index (χ0) is 11.4. The van der Waals surface area contributed by atoms with Crippen LogP contribution in [-0.2, 0) is 0 Å². The quantitative estimate of drug-likeness (QED) is 0.578. The largest absolute Gasteiger partial charge is 0.294 e. The molecule has 0 atom stereocenters. The third kappa shape index (κ3) is 3.10. The van der Waals surface area contributed by atoms with Crippen LogP contribution in [0.1, 0.15) is 36.7 Å². The smallest absolute Gasteiger partial charge is 0.160 e. The summed E-state index contributed by atoms with van der Waals surface area (Å²) in [5, 5.41) is 9.18. The van der Waals surface area contributed by atoms with E-state index in [1.54, 1.807) is 36.9 Å². The second-order valence-electron chi connectivity index (χ2n) is 3.55. The Balaban J connectivity index is 3.17. The minimum Gasteiger partial charge on any atom is -0.294 e. The molecule has 0 amide bonds. The van der Waals surface area contributed by atoms with Gasteiger partial charge in [0.25, 0.3) is 0 Å². The van der Waals surface area contributed by atoms with E-state index in [9.17, 15) is 4.79 Å². The predicted octanol–water partition coefficient (Wildman–Crippen LogP) is 3.26. The number of hydrogen-bond acceptors (Lipinski definition) is 3. The number of carbonyl (C=O) groups excluding carboxylic acids is 1. The third-order valence-electron chi connectivity index (χ3n) is 1.85. The molecule has 0 saturated heterocycles. The van der Waals surface area contributed by atoms with Crippen molar-refractivity contribution in [1.82, 2.24) is 0 Å². The molecular formula is C12H13NOS. The zero-order valence-electron chi connectivity index (χ0n) is 9.07. The summed E-state index contributed by atoms with van der Waals surface area (Å²) in [5.41, 5.74) is 1.30. The Morgan fingerprint density at radius 3 is 2.60 bits per heavy atom. The monoisotopic (exact) mass is 219 g/mol. The Morgan fingerprint density at radius 1 is 1.47 bits per heavy atom. The van der Waals surface area contributed by atoms with Crippen molar-refractivity contribution in [3.05, 3.63) is 29.3 Å². The lowest BCUT2D eigenvalue weighted by atomic mass is 10.1. The molecule has 1 rings (SSSR count). The molecule has 0 N–H and O–H groups in total. The van der Waals surface area contributed by atoms with Crippen molar-refractivity contribution in [2.75, 3.05) is 0 Å². The molecule has 0 aliphatic carbocycles. The van der Waals surface area contributed by atoms with E-state index in [2.05, 4.69) is 19.9 Å². The van der Waals surface area contributed by atoms with E-state index < -0.39 is 0 Å². The van der Waals surface area contributed by atoms with Gasteiger partial charge >= 0.3 is 0 Å². The Kier molecular flexibility index (Phi) is 3.93. The summed E-state index contributed by atoms with van der Waals surface area (Å²) in [6.45, 7) is 5.67. The number of carbonyl (C=O) groups is 1. The molecule has 0 aliphatic rings. The summed E-state index contributed by atoms with van der Waals surface area (Å²) in [5.74, 6) is 0.0441. The average molecular weight is 219 g/mol. The molecule has 1 aromatic rings. The van der Waals surface area contributed by atoms with E-state index in [1.165, 1.54) is 0 Å². The van der Waals surface area contributed by atoms with E-state index in [4.69, 9.17) is 5.26 Å². The zero-order valence-corrected chi connectivity index (χ0v) is 9.89. The van der Waals surface area contributed by atoms with Crippen molar-refractivity contribution >= 4 is 17.5 Å². The Hall–Kier alpha value is -1.27. The predicted molar refractivity (Wildman–Crippen MR) is 62.2 cm³/mol. The molecule has 78 valence electrons. The highest BCUT2D eigenvalue weighted by Gasteiger charge is 2.10. The second kappa shape index (κ2) is 4.99. The van der Waals surface area contributed by atoms with Gasteiger partial charge in [-0.15, -0.1) is 11.8 Å². The van der Waals surface area contributed by atoms with Crippen molar-refractivity contribution in [3.63, 3.8) is 0 Å². The molecule has 0 aliphatic heterocycles. The van der Waals surface area contributed by atoms with Gasteiger partial charge in [-0.2, -0.15) is 5.26 Å². The summed E-state index contributed by atoms with van der Waals surface area (Å²) in [7, 11) is 0. The van der Waals surface area contributed by atoms with Crippen LogP contribution in [0.15, 0.2) is 23.1 Å². The molecule has 0 aromatic heterocycles. The van der Waals surface area contributed by atoms with E-state index in [0.717, 1.165) is 4.90 Å². The standard InChI is InChI=1S/C12H13NOS/c1-8(2)15-12-6-10(7-13)4-5-11(12)9(3)14/h4-6,8H,1-3H3. The van der Waals surface area contributed by atoms with E-state index in [1.807, 2.05) is 0 Å². The SMILES string of the molecule is CC(=O)c1ccc(C#N)cc1SC(C)C. The maximum absolute atomic E-state index is 11.4. The van der Waals surface area contributed by atoms with Crippen molar-refractivity contribution in [2.24, 2.45) is 0 Å². The number of ketones is 1. The van der Waals surface area contributed by atoms with Gasteiger partial charge in [0.2, 0.25) is 0 Å². The van der Waals surface area contributed by atoms with Crippen LogP contribution in [0, 0.1) is 11.3 Å². The molecule has 1 aromatic carbocycles. The number of benzene rings is 1. The molecule has 0 spiro atoms. The first kappa shape index (κ1) is 11.8. The molecule has 0 fully saturated rings. The molecule has 2 nitrogen and oxygen atoms in total. The summed E-state index contributed by atoms with van der Waals surface area (Å²) in [6.07, 6.45) is 0. The molecule has 0 heterocycles. The van der Waals surface area contributed by atoms with Crippen LogP contribution >= 0.6 is 11.8 Å². The Labute approximate surface area is 94.3 Å². The van der Waals surface area contributed by atoms with Crippen molar-refractivity contribution in [3.8, 4) is 6.07 Å². The summed E-state index contributed by atoms with van der Waals surface area (Å²) in [6, 6.07) is 7.27. The van der Waals surface area contributed by atoms with Crippen LogP contribution in [0.25, 0.3) is 0 Å². The van der Waals surface area contributed by atoms with Crippen molar-refractivity contribution in [1.29, 1.82) is 5.26 Å². The van der Waals surface area contributed by atoms with Gasteiger partial charge in [0, 0.05) is 15.7 Å². The summed E-state index contributed by atoms with van der Waals surface area (Å²) < 4.78 is 0. The van der Waals surface area contributed by atoms with E-state index >= 15 is 0 Å². The van der Waals surface area contributed by atoms with Crippen LogP contribution in [0.4, 0.5) is 0 Å². The van der Waals surface area contributed by atoms with Crippen LogP contribution < -0.4 is 0 Å². The van der Waals surface area contributed by atoms with Gasteiger partial charge in [-0.3, -0.25) is 4.79 Å². The number of nitrogens with zero attached hydrogens (tertiary/aromatic N) is 1. The fraction of sp³-hybridized carbons (Fsp3) is 0.333. The number of nitriles is 1. The molecule has 0 radical (unpaired) electrons. The van der Waals surface area contributed by atoms with Gasteiger partial charge in [0.05, 0.1) is 11.6 Å². The molecule has 15 heavy (non-hydrogen) atoms. The molecule has 0 saturated carbocycles. The van der Waals surface area contributed by atoms with Gasteiger partial charge in [-0.1, -0.05) is 13.8 Å². The van der Waals surface area contributed by atoms with Gasteiger partial charge in [-0.25, -0.2) is 0 Å². The highest BCUT2D eigenvalue weighted by Crippen LogP contribution is 2.27. The summed E-state index contributed by atoms with van der Waals surface area (Å²) >= 11 is 1.61. The normalized spacial score (nSPS) is 10.1. The van der Waals surface area contributed by atoms with Gasteiger partial charge in [0.15, 0.2) is 5.78 Å². The lowest BCUT2D eigenvalue weighted by Crippen LogP contribution is -1.98. The molecule has 3 heteroatoms. The van der Waals surface area contributed by atoms with Crippen LogP contribution in [-0.4, -0.2) is 11.0 Å². The number of rotatable bonds is 3. The fourth-order valence-electron chi connectivity index (χ4n) is 1.23. The lowest BCUT2D eigenvalue weighted by Gasteiger charge is -2.09. The highest BCUT2D eigenvalue weighted by molar-refractivity contribution is 8.00. The molecular weight excluding hydrogens is 206 g/mol. The first-order valence-electron chi connectivity index (χ1n) is 4.76. The van der Waals surface area contributed by atoms with E-state index in [0.29, 0.717) is 16.4 Å². The number of Topliss-reactive ketones (excluding diaryl/α,β-unsaturated/α-hetero) is 1. The topological polar surface area (TPSA) is 40.9 Å². The maximum Gasteiger partial charge on any atom is 0.160 e. The van der Waals surface area contributed by atoms with Gasteiger partial charge in [0.1, 0.15) is 0 Å². The Bertz CT molecular complexity index is 418. The highest BCUT2D eigenvalue weighted by atomic mass is 32.2. The van der Waals surface area contributed by atoms with Crippen molar-refractivity contribution < 1.29 is 4.79 Å². The first-order chi connectivity index (χ1) is 7.04. The molecule has 0 bridgehead atoms. The second-order valence-corrected chi connectivity index (χ2v) is 5.16. The van der Waals surface area contributed by atoms with Crippen LogP contribution in [0.2, 0.25) is 0 Å². The lowest BCUT2D eigenvalue weighted by molar-refractivity contribution is 0.101. The van der Waals surface area contributed by atoms with E-state index in [-0.39, 0.29) is 5.78 Å². The average Bonchev–Trinajstić information content (AvgIpc) is 2.16. The fourth-order valence-corrected chi connectivity index (χ4v) is 2.28. The van der Waals surface area contributed by atoms with Crippen LogP contribution in [0.3, 0.4) is 0 Å². The number of hydrogen-bond donors (Lipinski definition) is 0. The third-order valence-corrected chi connectivity index (χ3v) is 2.92. The minimum atomic E-state index is 0.0441. The molecule has 0 unspecified atom stereocenters. The summed E-state index contributed by atoms with van der Waals surface area (Å²) in [4.78, 5) is 12.3. The van der Waals surface area contributed by atoms with Crippen LogP contribution in [0.5, 0.6) is 0 Å². The minimum absolute atomic E-state index is 0.0441. The Morgan fingerprint density at radius 2 is 2.13 bits per heavy atom. The van der Waals surface area contributed by atoms with Crippen molar-refractivity contribution in [2.45, 2.75) is 30.9 Å².